The van der Waals surface area contributed by atoms with Crippen LogP contribution in [-0.2, 0) is 15.3 Å². The number of hydrogen-bond donors (Lipinski definition) is 1. The van der Waals surface area contributed by atoms with Crippen LogP contribution in [0.3, 0.4) is 0 Å². The molecule has 3 aromatic carbocycles. The van der Waals surface area contributed by atoms with E-state index in [9.17, 15) is 5.11 Å². The van der Waals surface area contributed by atoms with Crippen molar-refractivity contribution in [3.05, 3.63) is 82.9 Å². The average Bonchev–Trinajstić information content (AvgIpc) is 3.33. The van der Waals surface area contributed by atoms with E-state index in [0.717, 1.165) is 40.8 Å². The standard InChI is InChI=1S/C29H32N4O3/c1-5-32(6-2)24-13-11-23(12-14-24)29(4)35-18-21(19-36-29)17-22-15-20(3)16-27(28(22)34)33-30-25-9-7-8-10-26(25)31-33/h7-17,34H,5-6,18-19H2,1-4H3. The summed E-state index contributed by atoms with van der Waals surface area (Å²) in [6.45, 7) is 11.0. The highest BCUT2D eigenvalue weighted by atomic mass is 16.7. The minimum atomic E-state index is -0.821. The van der Waals surface area contributed by atoms with Crippen molar-refractivity contribution in [1.82, 2.24) is 15.0 Å². The summed E-state index contributed by atoms with van der Waals surface area (Å²) in [6, 6.07) is 19.8. The minimum Gasteiger partial charge on any atom is -0.505 e. The molecule has 0 amide bonds. The Hall–Kier alpha value is -3.68. The van der Waals surface area contributed by atoms with Crippen molar-refractivity contribution in [3.63, 3.8) is 0 Å². The van der Waals surface area contributed by atoms with Crippen molar-refractivity contribution in [2.24, 2.45) is 0 Å². The molecule has 0 spiro atoms. The molecule has 7 nitrogen and oxygen atoms in total. The summed E-state index contributed by atoms with van der Waals surface area (Å²) in [6.07, 6.45) is 1.93. The Bertz CT molecular complexity index is 1360. The fraction of sp³-hybridized carbons (Fsp3) is 0.310. The first kappa shape index (κ1) is 24.0. The van der Waals surface area contributed by atoms with E-state index < -0.39 is 5.79 Å². The highest BCUT2D eigenvalue weighted by Gasteiger charge is 2.33. The van der Waals surface area contributed by atoms with E-state index in [1.54, 1.807) is 0 Å². The second-order valence-corrected chi connectivity index (χ2v) is 9.24. The van der Waals surface area contributed by atoms with Crippen LogP contribution in [0.1, 0.15) is 37.5 Å². The third-order valence-corrected chi connectivity index (χ3v) is 6.71. The van der Waals surface area contributed by atoms with Gasteiger partial charge in [0.05, 0.1) is 13.2 Å². The van der Waals surface area contributed by atoms with Crippen molar-refractivity contribution >= 4 is 22.8 Å². The summed E-state index contributed by atoms with van der Waals surface area (Å²) < 4.78 is 12.4. The molecule has 0 unspecified atom stereocenters. The molecule has 0 aliphatic carbocycles. The van der Waals surface area contributed by atoms with Crippen LogP contribution in [0.2, 0.25) is 0 Å². The lowest BCUT2D eigenvalue weighted by molar-refractivity contribution is -0.246. The number of aromatic hydroxyl groups is 1. The maximum atomic E-state index is 11.1. The summed E-state index contributed by atoms with van der Waals surface area (Å²) in [7, 11) is 0. The van der Waals surface area contributed by atoms with E-state index >= 15 is 0 Å². The molecular weight excluding hydrogens is 452 g/mol. The molecule has 1 aromatic heterocycles. The molecule has 1 N–H and O–H groups in total. The predicted molar refractivity (Wildman–Crippen MR) is 143 cm³/mol. The van der Waals surface area contributed by atoms with Crippen LogP contribution in [-0.4, -0.2) is 46.4 Å². The second-order valence-electron chi connectivity index (χ2n) is 9.24. The molecule has 0 bridgehead atoms. The lowest BCUT2D eigenvalue weighted by Gasteiger charge is -2.36. The average molecular weight is 485 g/mol. The zero-order chi connectivity index (χ0) is 25.3. The number of anilines is 1. The van der Waals surface area contributed by atoms with E-state index in [4.69, 9.17) is 9.47 Å². The lowest BCUT2D eigenvalue weighted by atomic mass is 10.0. The molecule has 2 heterocycles. The van der Waals surface area contributed by atoms with Crippen LogP contribution in [0.4, 0.5) is 5.69 Å². The van der Waals surface area contributed by atoms with Gasteiger partial charge in [0.1, 0.15) is 22.5 Å². The minimum absolute atomic E-state index is 0.119. The first-order valence-corrected chi connectivity index (χ1v) is 12.4. The summed E-state index contributed by atoms with van der Waals surface area (Å²) in [5, 5.41) is 20.1. The third-order valence-electron chi connectivity index (χ3n) is 6.71. The van der Waals surface area contributed by atoms with E-state index in [1.807, 2.05) is 56.3 Å². The normalized spacial score (nSPS) is 17.9. The topological polar surface area (TPSA) is 72.6 Å². The maximum Gasteiger partial charge on any atom is 0.192 e. The molecule has 7 heteroatoms. The third kappa shape index (κ3) is 4.59. The number of hydrogen-bond acceptors (Lipinski definition) is 6. The number of benzene rings is 3. The van der Waals surface area contributed by atoms with Crippen molar-refractivity contribution in [3.8, 4) is 11.4 Å². The van der Waals surface area contributed by atoms with Gasteiger partial charge in [-0.2, -0.15) is 0 Å². The number of fused-ring (bicyclic) bond motifs is 1. The van der Waals surface area contributed by atoms with E-state index in [2.05, 4.69) is 53.2 Å². The van der Waals surface area contributed by atoms with Gasteiger partial charge in [-0.25, -0.2) is 0 Å². The van der Waals surface area contributed by atoms with Crippen LogP contribution in [0.25, 0.3) is 22.8 Å². The summed E-state index contributed by atoms with van der Waals surface area (Å²) in [5.41, 5.74) is 6.87. The van der Waals surface area contributed by atoms with Crippen molar-refractivity contribution in [2.75, 3.05) is 31.2 Å². The zero-order valence-electron chi connectivity index (χ0n) is 21.2. The number of rotatable bonds is 6. The van der Waals surface area contributed by atoms with Gasteiger partial charge in [0, 0.05) is 29.9 Å². The van der Waals surface area contributed by atoms with Crippen molar-refractivity contribution in [1.29, 1.82) is 0 Å². The van der Waals surface area contributed by atoms with Gasteiger partial charge in [-0.3, -0.25) is 0 Å². The highest BCUT2D eigenvalue weighted by molar-refractivity contribution is 5.74. The largest absolute Gasteiger partial charge is 0.505 e. The number of phenolic OH excluding ortho intramolecular Hbond substituents is 1. The number of aryl methyl sites for hydroxylation is 1. The van der Waals surface area contributed by atoms with Gasteiger partial charge < -0.3 is 19.5 Å². The van der Waals surface area contributed by atoms with Crippen LogP contribution in [0.5, 0.6) is 5.75 Å². The molecule has 1 aliphatic heterocycles. The van der Waals surface area contributed by atoms with Gasteiger partial charge in [-0.15, -0.1) is 15.0 Å². The predicted octanol–water partition coefficient (Wildman–Crippen LogP) is 5.58. The van der Waals surface area contributed by atoms with Crippen LogP contribution >= 0.6 is 0 Å². The van der Waals surface area contributed by atoms with Gasteiger partial charge in [-0.1, -0.05) is 24.3 Å². The monoisotopic (exact) mass is 484 g/mol. The van der Waals surface area contributed by atoms with Crippen molar-refractivity contribution in [2.45, 2.75) is 33.5 Å². The lowest BCUT2D eigenvalue weighted by Crippen LogP contribution is -2.36. The second kappa shape index (κ2) is 9.76. The number of phenols is 1. The Balaban J connectivity index is 1.36. The highest BCUT2D eigenvalue weighted by Crippen LogP contribution is 2.35. The first-order valence-electron chi connectivity index (χ1n) is 12.4. The molecule has 1 fully saturated rings. The Morgan fingerprint density at radius 3 is 2.17 bits per heavy atom. The fourth-order valence-electron chi connectivity index (χ4n) is 4.59. The fourth-order valence-corrected chi connectivity index (χ4v) is 4.59. The first-order chi connectivity index (χ1) is 17.4. The van der Waals surface area contributed by atoms with Crippen LogP contribution in [0, 0.1) is 6.92 Å². The van der Waals surface area contributed by atoms with Crippen molar-refractivity contribution < 1.29 is 14.6 Å². The molecule has 0 saturated carbocycles. The number of nitrogens with zero attached hydrogens (tertiary/aromatic N) is 4. The van der Waals surface area contributed by atoms with Crippen LogP contribution in [0.15, 0.2) is 66.2 Å². The summed E-state index contributed by atoms with van der Waals surface area (Å²) in [5.74, 6) is -0.702. The Morgan fingerprint density at radius 2 is 1.58 bits per heavy atom. The van der Waals surface area contributed by atoms with E-state index in [1.165, 1.54) is 10.5 Å². The molecule has 4 aromatic rings. The zero-order valence-corrected chi connectivity index (χ0v) is 21.2. The molecule has 36 heavy (non-hydrogen) atoms. The molecule has 1 saturated heterocycles. The van der Waals surface area contributed by atoms with E-state index in [0.29, 0.717) is 24.5 Å². The van der Waals surface area contributed by atoms with Gasteiger partial charge in [0.15, 0.2) is 5.79 Å². The quantitative estimate of drug-likeness (QED) is 0.385. The summed E-state index contributed by atoms with van der Waals surface area (Å²) in [4.78, 5) is 3.79. The summed E-state index contributed by atoms with van der Waals surface area (Å²) >= 11 is 0. The molecule has 1 aliphatic rings. The van der Waals surface area contributed by atoms with Gasteiger partial charge in [-0.05, 0) is 81.3 Å². The molecule has 0 radical (unpaired) electrons. The van der Waals surface area contributed by atoms with Crippen LogP contribution < -0.4 is 4.90 Å². The molecule has 186 valence electrons. The number of ether oxygens (including phenoxy) is 2. The smallest absolute Gasteiger partial charge is 0.192 e. The van der Waals surface area contributed by atoms with Gasteiger partial charge in [0.2, 0.25) is 0 Å². The Morgan fingerprint density at radius 1 is 0.972 bits per heavy atom. The van der Waals surface area contributed by atoms with Gasteiger partial charge in [0.25, 0.3) is 0 Å². The maximum absolute atomic E-state index is 11.1. The number of aromatic nitrogens is 3. The van der Waals surface area contributed by atoms with E-state index in [-0.39, 0.29) is 5.75 Å². The molecule has 5 rings (SSSR count). The molecular formula is C29H32N4O3. The Kier molecular flexibility index (Phi) is 6.51. The molecule has 0 atom stereocenters. The SMILES string of the molecule is CCN(CC)c1ccc(C2(C)OCC(=Cc3cc(C)cc(-n4nc5ccccc5n4)c3O)CO2)cc1. The Labute approximate surface area is 211 Å². The van der Waals surface area contributed by atoms with Gasteiger partial charge >= 0.3 is 0 Å².